The molecule has 23 heteroatoms. The summed E-state index contributed by atoms with van der Waals surface area (Å²) in [4.78, 5) is 46.6. The Labute approximate surface area is 879 Å². The van der Waals surface area contributed by atoms with Gasteiger partial charge in [-0.15, -0.1) is 0 Å². The van der Waals surface area contributed by atoms with E-state index >= 15 is 0 Å². The van der Waals surface area contributed by atoms with Crippen LogP contribution in [0.2, 0.25) is 0 Å². The molecule has 9 aliphatic rings. The van der Waals surface area contributed by atoms with Gasteiger partial charge in [0.25, 0.3) is 0 Å². The molecule has 0 radical (unpaired) electrons. The van der Waals surface area contributed by atoms with Crippen LogP contribution >= 0.6 is 0 Å². The number of carbonyl (C=O) groups excluding carboxylic acids is 3. The summed E-state index contributed by atoms with van der Waals surface area (Å²) in [6, 6.07) is 122. The van der Waals surface area contributed by atoms with E-state index in [-0.39, 0.29) is 99.4 Å². The van der Waals surface area contributed by atoms with Crippen LogP contribution < -0.4 is 31.0 Å². The summed E-state index contributed by atoms with van der Waals surface area (Å²) in [5, 5.41) is 11.1. The lowest BCUT2D eigenvalue weighted by molar-refractivity contribution is -0.597. The number of fused-ring (bicyclic) bond motifs is 2. The average molecular weight is 2180 g/mol. The second-order valence-electron chi connectivity index (χ2n) is 41.5. The summed E-state index contributed by atoms with van der Waals surface area (Å²) in [7, 11) is -13.2. The van der Waals surface area contributed by atoms with Crippen molar-refractivity contribution in [2.75, 3.05) is 24.7 Å². The van der Waals surface area contributed by atoms with Crippen molar-refractivity contribution in [1.29, 1.82) is 0 Å². The van der Waals surface area contributed by atoms with Crippen LogP contribution in [0.1, 0.15) is 216 Å². The number of rotatable bonds is 22. The summed E-state index contributed by atoms with van der Waals surface area (Å²) in [5.41, 5.74) is 5.24. The van der Waals surface area contributed by atoms with E-state index in [4.69, 9.17) is 9.47 Å². The molecule has 8 fully saturated rings. The maximum Gasteiger partial charge on any atom is 0.357 e. The van der Waals surface area contributed by atoms with Gasteiger partial charge >= 0.3 is 33.1 Å². The molecule has 16 nitrogen and oxygen atoms in total. The zero-order valence-corrected chi connectivity index (χ0v) is 91.9. The Bertz CT molecular complexity index is 6210. The molecular weight excluding hydrogens is 2040 g/mol. The Hall–Kier alpha value is -10.4. The first-order chi connectivity index (χ1) is 69.1. The van der Waals surface area contributed by atoms with Crippen LogP contribution in [0.4, 0.5) is 0 Å². The number of esters is 2. The van der Waals surface area contributed by atoms with Crippen molar-refractivity contribution in [3.63, 3.8) is 0 Å². The molecule has 8 aliphatic carbocycles. The number of carbonyl (C=O) groups is 3. The molecule has 8 saturated carbocycles. The van der Waals surface area contributed by atoms with Crippen LogP contribution in [-0.4, -0.2) is 81.5 Å². The van der Waals surface area contributed by atoms with Crippen molar-refractivity contribution in [2.45, 2.75) is 238 Å². The SMILES string of the molecule is CC(C)(C)c1ccc([I+]c2ccc(C(C)(C)C)cc2)cc1.CC(C)c1cc(C(C)C)c(S(=O)(=O)[O-])c(C(C)C)c1.O=C(OCCS(=O)(=O)[O-])C12CC3CC(CC(C3)C1)C2.O=C(OCCS(=O)(=O)[O-])c1ccccc1.O=C([O-])C12CC3CC(CC(C3)C1)C2.c1ccc([S+](c2ccccc2)c2ccccc2)cc1.c1ccc([S+](c2ccccc2)c2ccccc2)cc1.c1ccc([S+]2c3ccccc3Oc3ccccc32)cc1. The molecule has 0 amide bonds. The van der Waals surface area contributed by atoms with Gasteiger partial charge in [-0.3, -0.25) is 4.79 Å². The lowest BCUT2D eigenvalue weighted by Crippen LogP contribution is -3.61. The Morgan fingerprint density at radius 2 is 0.662 bits per heavy atom. The molecular formula is C122H135IO16S6. The quantitative estimate of drug-likeness (QED) is 0.0264. The molecule has 0 N–H and O–H groups in total. The topological polar surface area (TPSA) is 274 Å². The second kappa shape index (κ2) is 51.0. The first kappa shape index (κ1) is 112. The van der Waals surface area contributed by atoms with Gasteiger partial charge in [-0.1, -0.05) is 289 Å². The summed E-state index contributed by atoms with van der Waals surface area (Å²) >= 11 is -0.0703. The van der Waals surface area contributed by atoms with Crippen LogP contribution in [0.25, 0.3) is 0 Å². The number of carboxylic acids is 1. The molecule has 1 heterocycles. The average Bonchev–Trinajstić information content (AvgIpc) is 0.749. The van der Waals surface area contributed by atoms with E-state index in [9.17, 15) is 58.4 Å². The highest BCUT2D eigenvalue weighted by atomic mass is 127. The molecule has 0 aromatic heterocycles. The summed E-state index contributed by atoms with van der Waals surface area (Å²) in [6.45, 7) is 24.7. The summed E-state index contributed by atoms with van der Waals surface area (Å²) in [5.74, 6) is 3.33. The molecule has 8 bridgehead atoms. The Morgan fingerprint density at radius 3 is 0.945 bits per heavy atom. The van der Waals surface area contributed by atoms with E-state index in [1.165, 1.54) is 113 Å². The van der Waals surface area contributed by atoms with Gasteiger partial charge in [0.2, 0.25) is 9.79 Å². The second-order valence-corrected chi connectivity index (χ2v) is 54.9. The highest BCUT2D eigenvalue weighted by Crippen LogP contribution is 2.62. The van der Waals surface area contributed by atoms with Crippen LogP contribution in [0, 0.1) is 53.5 Å². The number of para-hydroxylation sites is 2. The van der Waals surface area contributed by atoms with E-state index in [1.807, 2.05) is 64.1 Å². The Morgan fingerprint density at radius 1 is 0.379 bits per heavy atom. The maximum absolute atomic E-state index is 12.3. The van der Waals surface area contributed by atoms with Gasteiger partial charge in [-0.2, -0.15) is 0 Å². The normalized spacial score (nSPS) is 19.2. The van der Waals surface area contributed by atoms with E-state index in [0.29, 0.717) is 58.1 Å². The fourth-order valence-corrected chi connectivity index (χ4v) is 31.3. The third-order valence-corrected chi connectivity index (χ3v) is 39.0. The monoisotopic (exact) mass is 2170 g/mol. The van der Waals surface area contributed by atoms with Crippen molar-refractivity contribution >= 4 is 80.9 Å². The number of hydrogen-bond acceptors (Lipinski definition) is 16. The standard InChI is InChI=1S/C20H26I.C18H13OS.2C18H15S.C15H24O3S.C13H20O5S.C11H16O2.C9H10O5S/c1-19(2,3)15-7-11-17(12-8-15)21-18-13-9-16(10-14-18)20(4,5)6;1-2-8-14(9-3-1)20-17-12-6-4-10-15(17)19-16-11-5-7-13-18(16)20;2*1-4-10-16(11-5-1)19(17-12-6-2-7-13-17)18-14-8-3-9-15-18;1-9(2)12-7-13(10(3)4)15(19(16,17)18)14(8-12)11(5)6;14-12(18-1-2-19(15,16)17)13-6-9-3-10(7-13)5-11(4-9)8-13;12-10(13)11-4-7-1-8(5-11)3-9(2-7)6-11;10-9(8-4-2-1-3-5-8)14-6-7-15(11,12)13/h7-14H,1-6H3;1-13H;2*1-15H;7-11H,1-6H3,(H,16,17,18);9-11H,1-8H2,(H,15,16,17);7-9H,1-6H2,(H,12,13);1-5H,6-7H2,(H,11,12,13)/q4*+1;;;;/p-4. The number of benzene rings is 13. The van der Waals surface area contributed by atoms with Gasteiger partial charge in [0, 0.05) is 11.4 Å². The van der Waals surface area contributed by atoms with Gasteiger partial charge in [-0.25, -0.2) is 30.0 Å². The number of hydrogen-bond donors (Lipinski definition) is 0. The van der Waals surface area contributed by atoms with E-state index in [1.54, 1.807) is 18.2 Å². The first-order valence-corrected chi connectivity index (χ1v) is 60.4. The zero-order chi connectivity index (χ0) is 104. The van der Waals surface area contributed by atoms with Crippen molar-refractivity contribution < 1.29 is 93.8 Å². The predicted molar refractivity (Wildman–Crippen MR) is 572 cm³/mol. The number of aliphatic carboxylic acids is 1. The van der Waals surface area contributed by atoms with Crippen LogP contribution in [0.5, 0.6) is 11.5 Å². The summed E-state index contributed by atoms with van der Waals surface area (Å²) < 4.78 is 116. The summed E-state index contributed by atoms with van der Waals surface area (Å²) in [6.07, 6.45) is 13.0. The van der Waals surface area contributed by atoms with Gasteiger partial charge in [0.05, 0.1) is 69.4 Å². The molecule has 13 aromatic carbocycles. The molecule has 22 rings (SSSR count). The van der Waals surface area contributed by atoms with Crippen LogP contribution in [0.3, 0.4) is 0 Å². The minimum atomic E-state index is -4.45. The molecule has 0 saturated heterocycles. The minimum absolute atomic E-state index is 0.00919. The lowest BCUT2D eigenvalue weighted by Gasteiger charge is -2.57. The van der Waals surface area contributed by atoms with Crippen LogP contribution in [0.15, 0.2) is 401 Å². The van der Waals surface area contributed by atoms with Gasteiger partial charge in [-0.05, 0) is 315 Å². The molecule has 145 heavy (non-hydrogen) atoms. The van der Waals surface area contributed by atoms with Gasteiger partial charge in [0.1, 0.15) is 34.2 Å². The fourth-order valence-electron chi connectivity index (χ4n) is 20.9. The third-order valence-electron chi connectivity index (χ3n) is 27.3. The largest absolute Gasteiger partial charge is 0.748 e. The number of halogens is 1. The smallest absolute Gasteiger partial charge is 0.357 e. The number of ether oxygens (including phenoxy) is 3. The minimum Gasteiger partial charge on any atom is -0.748 e. The highest BCUT2D eigenvalue weighted by molar-refractivity contribution is 7.97. The van der Waals surface area contributed by atoms with Crippen molar-refractivity contribution in [2.24, 2.45) is 46.3 Å². The highest BCUT2D eigenvalue weighted by Gasteiger charge is 2.56. The van der Waals surface area contributed by atoms with Crippen molar-refractivity contribution in [3.05, 3.63) is 392 Å². The Kier molecular flexibility index (Phi) is 39.3. The van der Waals surface area contributed by atoms with E-state index < -0.39 is 65.8 Å². The maximum atomic E-state index is 12.3. The van der Waals surface area contributed by atoms with E-state index in [2.05, 4.69) is 345 Å². The van der Waals surface area contributed by atoms with Crippen molar-refractivity contribution in [3.8, 4) is 11.5 Å². The molecule has 762 valence electrons. The lowest BCUT2D eigenvalue weighted by atomic mass is 9.49. The van der Waals surface area contributed by atoms with Gasteiger partial charge < -0.3 is 37.8 Å². The third kappa shape index (κ3) is 31.8. The Balaban J connectivity index is 0.000000139. The molecule has 0 atom stereocenters. The number of carboxylic acid groups (broad SMARTS) is 1. The first-order valence-electron chi connectivity index (χ1n) is 50.0. The van der Waals surface area contributed by atoms with E-state index in [0.717, 1.165) is 55.6 Å². The zero-order valence-electron chi connectivity index (χ0n) is 84.9. The molecule has 13 aromatic rings. The molecule has 0 unspecified atom stereocenters. The van der Waals surface area contributed by atoms with Crippen LogP contribution in [-0.2, 0) is 92.9 Å². The fraction of sp³-hybridized carbons (Fsp3) is 0.336. The van der Waals surface area contributed by atoms with Gasteiger partial charge in [0.15, 0.2) is 52.9 Å². The molecule has 1 aliphatic heterocycles. The molecule has 0 spiro atoms. The van der Waals surface area contributed by atoms with Crippen molar-refractivity contribution in [1.82, 2.24) is 0 Å². The predicted octanol–water partition coefficient (Wildman–Crippen LogP) is 23.5.